The zero-order chi connectivity index (χ0) is 22.1. The van der Waals surface area contributed by atoms with Crippen molar-refractivity contribution in [1.82, 2.24) is 0 Å². The Labute approximate surface area is 178 Å². The third kappa shape index (κ3) is 6.15. The number of hydrogen-bond donors (Lipinski definition) is 2. The smallest absolute Gasteiger partial charge is 0.341 e. The van der Waals surface area contributed by atoms with Gasteiger partial charge in [-0.05, 0) is 38.0 Å². The van der Waals surface area contributed by atoms with Crippen LogP contribution in [0.25, 0.3) is 0 Å². The van der Waals surface area contributed by atoms with Gasteiger partial charge in [-0.1, -0.05) is 25.1 Å². The molecule has 9 heteroatoms. The van der Waals surface area contributed by atoms with Gasteiger partial charge in [-0.2, -0.15) is 0 Å². The first-order chi connectivity index (χ1) is 14.4. The predicted molar refractivity (Wildman–Crippen MR) is 114 cm³/mol. The van der Waals surface area contributed by atoms with Gasteiger partial charge in [0, 0.05) is 12.1 Å². The molecule has 0 aliphatic rings. The van der Waals surface area contributed by atoms with Crippen LogP contribution in [-0.4, -0.2) is 37.0 Å². The maximum atomic E-state index is 12.7. The lowest BCUT2D eigenvalue weighted by Gasteiger charge is -2.07. The number of amides is 2. The molecule has 0 spiro atoms. The molecule has 0 unspecified atom stereocenters. The number of ether oxygens (including phenoxy) is 2. The van der Waals surface area contributed by atoms with E-state index in [4.69, 9.17) is 9.47 Å². The quantitative estimate of drug-likeness (QED) is 0.584. The van der Waals surface area contributed by atoms with Crippen LogP contribution in [0.1, 0.15) is 52.3 Å². The fourth-order valence-electron chi connectivity index (χ4n) is 2.56. The van der Waals surface area contributed by atoms with Gasteiger partial charge >= 0.3 is 11.9 Å². The lowest BCUT2D eigenvalue weighted by Crippen LogP contribution is -2.21. The number of carbonyl (C=O) groups excluding carboxylic acids is 4. The van der Waals surface area contributed by atoms with Gasteiger partial charge in [0.05, 0.1) is 17.0 Å². The minimum atomic E-state index is -0.650. The molecule has 2 N–H and O–H groups in total. The Morgan fingerprint density at radius 1 is 1.00 bits per heavy atom. The molecule has 2 rings (SSSR count). The molecule has 0 aliphatic heterocycles. The highest BCUT2D eigenvalue weighted by Gasteiger charge is 2.27. The largest absolute Gasteiger partial charge is 0.462 e. The van der Waals surface area contributed by atoms with Crippen molar-refractivity contribution in [2.24, 2.45) is 0 Å². The van der Waals surface area contributed by atoms with Crippen LogP contribution in [-0.2, 0) is 19.1 Å². The van der Waals surface area contributed by atoms with E-state index in [2.05, 4.69) is 10.6 Å². The monoisotopic (exact) mass is 432 g/mol. The minimum Gasteiger partial charge on any atom is -0.462 e. The van der Waals surface area contributed by atoms with Gasteiger partial charge in [0.2, 0.25) is 0 Å². The molecule has 2 amide bonds. The topological polar surface area (TPSA) is 111 Å². The second-order valence-corrected chi connectivity index (χ2v) is 7.28. The summed E-state index contributed by atoms with van der Waals surface area (Å²) in [7, 11) is 0. The van der Waals surface area contributed by atoms with E-state index >= 15 is 0 Å². The summed E-state index contributed by atoms with van der Waals surface area (Å²) in [5, 5.41) is 5.47. The Kier molecular flexibility index (Phi) is 8.54. The summed E-state index contributed by atoms with van der Waals surface area (Å²) < 4.78 is 9.96. The summed E-state index contributed by atoms with van der Waals surface area (Å²) in [6.07, 6.45) is 0.820. The predicted octanol–water partition coefficient (Wildman–Crippen LogP) is 3.77. The van der Waals surface area contributed by atoms with E-state index in [1.807, 2.05) is 13.0 Å². The molecule has 0 radical (unpaired) electrons. The summed E-state index contributed by atoms with van der Waals surface area (Å²) in [5.74, 6) is -2.16. The van der Waals surface area contributed by atoms with Crippen LogP contribution in [0.4, 0.5) is 10.7 Å². The van der Waals surface area contributed by atoms with Crippen molar-refractivity contribution in [2.75, 3.05) is 23.8 Å². The van der Waals surface area contributed by atoms with Crippen LogP contribution < -0.4 is 10.6 Å². The number of carbonyl (C=O) groups is 4. The lowest BCUT2D eigenvalue weighted by molar-refractivity contribution is -0.147. The number of anilines is 2. The molecule has 30 heavy (non-hydrogen) atoms. The maximum Gasteiger partial charge on any atom is 0.341 e. The first kappa shape index (κ1) is 23.1. The van der Waals surface area contributed by atoms with Crippen molar-refractivity contribution in [2.45, 2.75) is 33.6 Å². The van der Waals surface area contributed by atoms with Crippen molar-refractivity contribution >= 4 is 45.8 Å². The van der Waals surface area contributed by atoms with Crippen LogP contribution >= 0.6 is 11.3 Å². The normalized spacial score (nSPS) is 10.2. The zero-order valence-electron chi connectivity index (χ0n) is 17.1. The molecule has 0 fully saturated rings. The molecule has 1 aromatic carbocycles. The molecule has 0 bridgehead atoms. The summed E-state index contributed by atoms with van der Waals surface area (Å²) >= 11 is 0.955. The minimum absolute atomic E-state index is 0.105. The van der Waals surface area contributed by atoms with E-state index in [9.17, 15) is 19.2 Å². The van der Waals surface area contributed by atoms with Crippen LogP contribution in [0.15, 0.2) is 30.3 Å². The van der Waals surface area contributed by atoms with Crippen molar-refractivity contribution < 1.29 is 28.7 Å². The molecule has 0 aliphatic carbocycles. The summed E-state index contributed by atoms with van der Waals surface area (Å²) in [5.41, 5.74) is 1.10. The Hall–Kier alpha value is -3.20. The number of nitrogens with one attached hydrogen (secondary N) is 2. The lowest BCUT2D eigenvalue weighted by atomic mass is 10.1. The van der Waals surface area contributed by atoms with E-state index in [1.54, 1.807) is 38.1 Å². The van der Waals surface area contributed by atoms with Crippen molar-refractivity contribution in [1.29, 1.82) is 0 Å². The Bertz CT molecular complexity index is 923. The van der Waals surface area contributed by atoms with Crippen molar-refractivity contribution in [3.63, 3.8) is 0 Å². The SMILES string of the molecule is CCCC(=O)OCC(=O)Nc1sc(C(=O)Nc2ccccc2)c(C)c1C(=O)OCC. The second-order valence-electron chi connectivity index (χ2n) is 6.26. The van der Waals surface area contributed by atoms with E-state index in [1.165, 1.54) is 0 Å². The number of hydrogen-bond acceptors (Lipinski definition) is 7. The zero-order valence-corrected chi connectivity index (χ0v) is 17.9. The molecule has 160 valence electrons. The molecule has 1 heterocycles. The Morgan fingerprint density at radius 3 is 2.33 bits per heavy atom. The number of rotatable bonds is 9. The van der Waals surface area contributed by atoms with Gasteiger partial charge in [-0.25, -0.2) is 4.79 Å². The fraction of sp³-hybridized carbons (Fsp3) is 0.333. The number of thiophene rings is 1. The first-order valence-corrected chi connectivity index (χ1v) is 10.3. The van der Waals surface area contributed by atoms with Crippen LogP contribution in [0, 0.1) is 6.92 Å². The molecule has 8 nitrogen and oxygen atoms in total. The van der Waals surface area contributed by atoms with Gasteiger partial charge in [0.1, 0.15) is 5.00 Å². The first-order valence-electron chi connectivity index (χ1n) is 9.49. The van der Waals surface area contributed by atoms with E-state index < -0.39 is 30.4 Å². The molecular weight excluding hydrogens is 408 g/mol. The van der Waals surface area contributed by atoms with E-state index in [0.29, 0.717) is 17.7 Å². The fourth-order valence-corrected chi connectivity index (χ4v) is 3.67. The van der Waals surface area contributed by atoms with Gasteiger partial charge in [0.25, 0.3) is 11.8 Å². The van der Waals surface area contributed by atoms with E-state index in [-0.39, 0.29) is 28.5 Å². The van der Waals surface area contributed by atoms with Gasteiger partial charge < -0.3 is 20.1 Å². The molecule has 0 saturated carbocycles. The summed E-state index contributed by atoms with van der Waals surface area (Å²) in [6, 6.07) is 8.87. The highest BCUT2D eigenvalue weighted by molar-refractivity contribution is 7.18. The van der Waals surface area contributed by atoms with Crippen molar-refractivity contribution in [3.05, 3.63) is 46.3 Å². The molecule has 0 atom stereocenters. The summed E-state index contributed by atoms with van der Waals surface area (Å²) in [4.78, 5) is 49.1. The van der Waals surface area contributed by atoms with Gasteiger partial charge in [0.15, 0.2) is 6.61 Å². The van der Waals surface area contributed by atoms with Gasteiger partial charge in [-0.15, -0.1) is 11.3 Å². The van der Waals surface area contributed by atoms with E-state index in [0.717, 1.165) is 11.3 Å². The van der Waals surface area contributed by atoms with Gasteiger partial charge in [-0.3, -0.25) is 14.4 Å². The Balaban J connectivity index is 2.24. The average Bonchev–Trinajstić information content (AvgIpc) is 3.03. The standard InChI is InChI=1S/C21H24N2O6S/c1-4-9-16(25)29-12-15(24)23-20-17(21(27)28-5-2)13(3)18(30-20)19(26)22-14-10-7-6-8-11-14/h6-8,10-11H,4-5,9,12H2,1-3H3,(H,22,26)(H,23,24). The molecule has 2 aromatic rings. The molecule has 0 saturated heterocycles. The van der Waals surface area contributed by atoms with Crippen molar-refractivity contribution in [3.8, 4) is 0 Å². The second kappa shape index (κ2) is 11.1. The third-order valence-corrected chi connectivity index (χ3v) is 5.14. The highest BCUT2D eigenvalue weighted by Crippen LogP contribution is 2.34. The number of para-hydroxylation sites is 1. The molecule has 1 aromatic heterocycles. The maximum absolute atomic E-state index is 12.7. The number of esters is 2. The van der Waals surface area contributed by atoms with Crippen LogP contribution in [0.2, 0.25) is 0 Å². The average molecular weight is 432 g/mol. The molecular formula is C21H24N2O6S. The number of benzene rings is 1. The third-order valence-electron chi connectivity index (χ3n) is 3.94. The highest BCUT2D eigenvalue weighted by atomic mass is 32.1. The Morgan fingerprint density at radius 2 is 1.70 bits per heavy atom. The summed E-state index contributed by atoms with van der Waals surface area (Å²) in [6.45, 7) is 4.75. The van der Waals surface area contributed by atoms with Crippen LogP contribution in [0.5, 0.6) is 0 Å². The van der Waals surface area contributed by atoms with Crippen LogP contribution in [0.3, 0.4) is 0 Å².